The molecule has 1 N–H and O–H groups in total. The van der Waals surface area contributed by atoms with Crippen LogP contribution in [0.4, 0.5) is 5.13 Å². The van der Waals surface area contributed by atoms with Crippen molar-refractivity contribution in [1.29, 1.82) is 0 Å². The largest absolute Gasteiger partial charge is 0.298 e. The number of benzene rings is 2. The summed E-state index contributed by atoms with van der Waals surface area (Å²) < 4.78 is 1.05. The maximum absolute atomic E-state index is 12.3. The van der Waals surface area contributed by atoms with Gasteiger partial charge in [-0.15, -0.1) is 0 Å². The van der Waals surface area contributed by atoms with Gasteiger partial charge in [-0.1, -0.05) is 47.5 Å². The summed E-state index contributed by atoms with van der Waals surface area (Å²) in [5.41, 5.74) is 2.45. The number of rotatable bonds is 3. The number of hydrogen-bond donors (Lipinski definition) is 1. The summed E-state index contributed by atoms with van der Waals surface area (Å²) in [5.74, 6) is -0.317. The van der Waals surface area contributed by atoms with Crippen molar-refractivity contribution in [2.24, 2.45) is 0 Å². The Labute approximate surface area is 141 Å². The molecule has 22 heavy (non-hydrogen) atoms. The SMILES string of the molecule is CCc1ccc2nc(NC(=O)c3cc(Cl)ccc3Cl)sc2c1. The van der Waals surface area contributed by atoms with Crippen molar-refractivity contribution in [1.82, 2.24) is 4.98 Å². The van der Waals surface area contributed by atoms with Gasteiger partial charge in [0.05, 0.1) is 20.8 Å². The Kier molecular flexibility index (Phi) is 4.34. The van der Waals surface area contributed by atoms with Gasteiger partial charge >= 0.3 is 0 Å². The molecular formula is C16H12Cl2N2OS. The van der Waals surface area contributed by atoms with Gasteiger partial charge in [-0.2, -0.15) is 0 Å². The number of thiazole rings is 1. The van der Waals surface area contributed by atoms with E-state index in [9.17, 15) is 4.79 Å². The lowest BCUT2D eigenvalue weighted by Gasteiger charge is -2.04. The predicted octanol–water partition coefficient (Wildman–Crippen LogP) is 5.42. The Morgan fingerprint density at radius 3 is 2.82 bits per heavy atom. The first-order valence-corrected chi connectivity index (χ1v) is 8.30. The van der Waals surface area contributed by atoms with Crippen LogP contribution in [-0.4, -0.2) is 10.9 Å². The molecule has 6 heteroatoms. The minimum Gasteiger partial charge on any atom is -0.298 e. The summed E-state index contributed by atoms with van der Waals surface area (Å²) >= 11 is 13.4. The smallest absolute Gasteiger partial charge is 0.259 e. The van der Waals surface area contributed by atoms with Crippen LogP contribution in [0.15, 0.2) is 36.4 Å². The molecule has 2 aromatic carbocycles. The number of amides is 1. The molecule has 0 unspecified atom stereocenters. The average Bonchev–Trinajstić information content (AvgIpc) is 2.90. The fraction of sp³-hybridized carbons (Fsp3) is 0.125. The molecule has 0 atom stereocenters. The lowest BCUT2D eigenvalue weighted by molar-refractivity contribution is 0.102. The highest BCUT2D eigenvalue weighted by Gasteiger charge is 2.13. The molecule has 0 aliphatic rings. The van der Waals surface area contributed by atoms with Crippen LogP contribution in [-0.2, 0) is 6.42 Å². The number of anilines is 1. The summed E-state index contributed by atoms with van der Waals surface area (Å²) in [5, 5.41) is 4.15. The van der Waals surface area contributed by atoms with Crippen LogP contribution < -0.4 is 5.32 Å². The third-order valence-electron chi connectivity index (χ3n) is 3.25. The molecule has 0 aliphatic heterocycles. The van der Waals surface area contributed by atoms with E-state index in [1.165, 1.54) is 16.9 Å². The van der Waals surface area contributed by atoms with E-state index in [1.807, 2.05) is 12.1 Å². The Bertz CT molecular complexity index is 860. The fourth-order valence-corrected chi connectivity index (χ4v) is 3.38. The zero-order valence-corrected chi connectivity index (χ0v) is 14.0. The highest BCUT2D eigenvalue weighted by molar-refractivity contribution is 7.22. The monoisotopic (exact) mass is 350 g/mol. The normalized spacial score (nSPS) is 10.9. The molecule has 0 bridgehead atoms. The molecule has 112 valence electrons. The van der Waals surface area contributed by atoms with Gasteiger partial charge in [0.25, 0.3) is 5.91 Å². The first-order valence-electron chi connectivity index (χ1n) is 6.72. The number of nitrogens with zero attached hydrogens (tertiary/aromatic N) is 1. The molecule has 1 heterocycles. The van der Waals surface area contributed by atoms with Crippen LogP contribution in [0.3, 0.4) is 0 Å². The molecule has 3 rings (SSSR count). The van der Waals surface area contributed by atoms with Gasteiger partial charge in [-0.25, -0.2) is 4.98 Å². The van der Waals surface area contributed by atoms with Crippen molar-refractivity contribution >= 4 is 55.8 Å². The highest BCUT2D eigenvalue weighted by Crippen LogP contribution is 2.28. The Morgan fingerprint density at radius 1 is 1.23 bits per heavy atom. The van der Waals surface area contributed by atoms with E-state index in [0.717, 1.165) is 16.6 Å². The van der Waals surface area contributed by atoms with Crippen LogP contribution in [0.2, 0.25) is 10.0 Å². The Morgan fingerprint density at radius 2 is 2.05 bits per heavy atom. The van der Waals surface area contributed by atoms with Crippen LogP contribution in [0.25, 0.3) is 10.2 Å². The van der Waals surface area contributed by atoms with E-state index in [1.54, 1.807) is 18.2 Å². The van der Waals surface area contributed by atoms with Gasteiger partial charge in [-0.3, -0.25) is 10.1 Å². The molecule has 3 nitrogen and oxygen atoms in total. The molecule has 0 spiro atoms. The second kappa shape index (κ2) is 6.24. The van der Waals surface area contributed by atoms with Crippen LogP contribution in [0.5, 0.6) is 0 Å². The molecule has 0 saturated carbocycles. The van der Waals surface area contributed by atoms with E-state index in [0.29, 0.717) is 20.7 Å². The average molecular weight is 351 g/mol. The van der Waals surface area contributed by atoms with Crippen molar-refractivity contribution in [3.63, 3.8) is 0 Å². The van der Waals surface area contributed by atoms with Gasteiger partial charge in [0.2, 0.25) is 0 Å². The number of halogens is 2. The van der Waals surface area contributed by atoms with Gasteiger partial charge in [-0.05, 0) is 42.3 Å². The van der Waals surface area contributed by atoms with Gasteiger partial charge < -0.3 is 0 Å². The Hall–Kier alpha value is -1.62. The molecule has 1 aromatic heterocycles. The number of carbonyl (C=O) groups excluding carboxylic acids is 1. The van der Waals surface area contributed by atoms with Crippen molar-refractivity contribution in [3.05, 3.63) is 57.6 Å². The number of carbonyl (C=O) groups is 1. The second-order valence-corrected chi connectivity index (χ2v) is 6.63. The molecule has 0 fully saturated rings. The highest BCUT2D eigenvalue weighted by atomic mass is 35.5. The quantitative estimate of drug-likeness (QED) is 0.685. The first kappa shape index (κ1) is 15.3. The van der Waals surface area contributed by atoms with Crippen molar-refractivity contribution in [2.45, 2.75) is 13.3 Å². The van der Waals surface area contributed by atoms with Crippen LogP contribution in [0.1, 0.15) is 22.8 Å². The van der Waals surface area contributed by atoms with E-state index in [2.05, 4.69) is 23.3 Å². The maximum Gasteiger partial charge on any atom is 0.259 e. The third-order valence-corrected chi connectivity index (χ3v) is 4.75. The second-order valence-electron chi connectivity index (χ2n) is 4.75. The molecular weight excluding hydrogens is 339 g/mol. The summed E-state index contributed by atoms with van der Waals surface area (Å²) in [6.07, 6.45) is 0.966. The predicted molar refractivity (Wildman–Crippen MR) is 93.4 cm³/mol. The fourth-order valence-electron chi connectivity index (χ4n) is 2.08. The number of fused-ring (bicyclic) bond motifs is 1. The number of aryl methyl sites for hydroxylation is 1. The van der Waals surface area contributed by atoms with Crippen molar-refractivity contribution in [2.75, 3.05) is 5.32 Å². The van der Waals surface area contributed by atoms with E-state index in [4.69, 9.17) is 23.2 Å². The minimum absolute atomic E-state index is 0.317. The van der Waals surface area contributed by atoms with Gasteiger partial charge in [0.1, 0.15) is 0 Å². The van der Waals surface area contributed by atoms with Gasteiger partial charge in [0.15, 0.2) is 5.13 Å². The zero-order valence-electron chi connectivity index (χ0n) is 11.7. The van der Waals surface area contributed by atoms with E-state index >= 15 is 0 Å². The van der Waals surface area contributed by atoms with Crippen molar-refractivity contribution in [3.8, 4) is 0 Å². The standard InChI is InChI=1S/C16H12Cl2N2OS/c1-2-9-3-6-13-14(7-9)22-16(19-13)20-15(21)11-8-10(17)4-5-12(11)18/h3-8H,2H2,1H3,(H,19,20,21). The Balaban J connectivity index is 1.89. The molecule has 0 radical (unpaired) electrons. The lowest BCUT2D eigenvalue weighted by Crippen LogP contribution is -2.12. The molecule has 1 amide bonds. The lowest BCUT2D eigenvalue weighted by atomic mass is 10.2. The van der Waals surface area contributed by atoms with E-state index < -0.39 is 0 Å². The van der Waals surface area contributed by atoms with Crippen molar-refractivity contribution < 1.29 is 4.79 Å². The summed E-state index contributed by atoms with van der Waals surface area (Å²) in [6, 6.07) is 10.9. The van der Waals surface area contributed by atoms with Crippen LogP contribution in [0, 0.1) is 0 Å². The molecule has 0 aliphatic carbocycles. The third kappa shape index (κ3) is 3.09. The summed E-state index contributed by atoms with van der Waals surface area (Å²) in [7, 11) is 0. The van der Waals surface area contributed by atoms with Gasteiger partial charge in [0, 0.05) is 5.02 Å². The number of hydrogen-bond acceptors (Lipinski definition) is 3. The summed E-state index contributed by atoms with van der Waals surface area (Å²) in [4.78, 5) is 16.7. The molecule has 0 saturated heterocycles. The van der Waals surface area contributed by atoms with Crippen LogP contribution >= 0.6 is 34.5 Å². The zero-order chi connectivity index (χ0) is 15.7. The molecule has 3 aromatic rings. The maximum atomic E-state index is 12.3. The number of aromatic nitrogens is 1. The first-order chi connectivity index (χ1) is 10.6. The van der Waals surface area contributed by atoms with E-state index in [-0.39, 0.29) is 5.91 Å². The number of nitrogens with one attached hydrogen (secondary N) is 1. The topological polar surface area (TPSA) is 42.0 Å². The summed E-state index contributed by atoms with van der Waals surface area (Å²) in [6.45, 7) is 2.10. The minimum atomic E-state index is -0.317.